The number of hydrogen-bond acceptors (Lipinski definition) is 8. The summed E-state index contributed by atoms with van der Waals surface area (Å²) in [5.74, 6) is -0.905. The van der Waals surface area contributed by atoms with E-state index in [0.717, 1.165) is 0 Å². The second-order valence-electron chi connectivity index (χ2n) is 6.46. The number of ether oxygens (including phenoxy) is 2. The zero-order valence-electron chi connectivity index (χ0n) is 16.3. The van der Waals surface area contributed by atoms with Crippen molar-refractivity contribution >= 4 is 34.5 Å². The number of nitrogens with zero attached hydrogens (tertiary/aromatic N) is 3. The Labute approximate surface area is 171 Å². The van der Waals surface area contributed by atoms with E-state index in [4.69, 9.17) is 9.47 Å². The van der Waals surface area contributed by atoms with Crippen molar-refractivity contribution in [3.8, 4) is 0 Å². The molecule has 2 heterocycles. The van der Waals surface area contributed by atoms with Crippen LogP contribution in [0.4, 0.5) is 5.69 Å². The van der Waals surface area contributed by atoms with E-state index >= 15 is 0 Å². The number of carbonyl (C=O) groups excluding carboxylic acids is 2. The standard InChI is InChI=1S/C19H21N3O6S/c1-4-14-17(23)21-16(12-7-5-6-8-13(12)22(25)26)15(11(2)20-19(21)29-14)18(24)28-10-9-27-3/h5-8,14,16H,4,9-10H2,1-3H3/t14-,16-/m0/s1. The van der Waals surface area contributed by atoms with Crippen LogP contribution in [0.1, 0.15) is 31.9 Å². The maximum atomic E-state index is 13.0. The van der Waals surface area contributed by atoms with Gasteiger partial charge < -0.3 is 9.47 Å². The van der Waals surface area contributed by atoms with Gasteiger partial charge in [0, 0.05) is 13.2 Å². The molecule has 1 aromatic rings. The lowest BCUT2D eigenvalue weighted by molar-refractivity contribution is -0.385. The molecule has 9 nitrogen and oxygen atoms in total. The second-order valence-corrected chi connectivity index (χ2v) is 7.63. The van der Waals surface area contributed by atoms with Gasteiger partial charge in [-0.2, -0.15) is 0 Å². The fourth-order valence-corrected chi connectivity index (χ4v) is 4.46. The van der Waals surface area contributed by atoms with E-state index in [1.807, 2.05) is 6.92 Å². The molecule has 1 aromatic carbocycles. The molecule has 2 aliphatic heterocycles. The molecule has 10 heteroatoms. The number of thioether (sulfide) groups is 1. The number of fused-ring (bicyclic) bond motifs is 1. The number of benzene rings is 1. The first kappa shape index (κ1) is 21.0. The summed E-state index contributed by atoms with van der Waals surface area (Å²) < 4.78 is 10.2. The van der Waals surface area contributed by atoms with Crippen LogP contribution in [0.3, 0.4) is 0 Å². The molecule has 29 heavy (non-hydrogen) atoms. The molecule has 0 radical (unpaired) electrons. The average Bonchev–Trinajstić information content (AvgIpc) is 3.02. The van der Waals surface area contributed by atoms with E-state index in [1.54, 1.807) is 25.1 Å². The van der Waals surface area contributed by atoms with Gasteiger partial charge in [-0.3, -0.25) is 19.8 Å². The number of nitro groups is 1. The average molecular weight is 419 g/mol. The number of esters is 1. The lowest BCUT2D eigenvalue weighted by Gasteiger charge is -2.32. The predicted octanol–water partition coefficient (Wildman–Crippen LogP) is 2.82. The summed E-state index contributed by atoms with van der Waals surface area (Å²) in [4.78, 5) is 42.9. The van der Waals surface area contributed by atoms with Gasteiger partial charge in [0.15, 0.2) is 5.17 Å². The van der Waals surface area contributed by atoms with Crippen LogP contribution in [0, 0.1) is 10.1 Å². The first-order valence-electron chi connectivity index (χ1n) is 9.09. The number of nitro benzene ring substituents is 1. The predicted molar refractivity (Wildman–Crippen MR) is 107 cm³/mol. The highest BCUT2D eigenvalue weighted by Crippen LogP contribution is 2.45. The SMILES string of the molecule is CC[C@@H]1SC2=NC(C)=C(C(=O)OCCOC)[C@H](c3ccccc3[N+](=O)[O-])N2C1=O. The van der Waals surface area contributed by atoms with Crippen molar-refractivity contribution < 1.29 is 24.0 Å². The largest absolute Gasteiger partial charge is 0.460 e. The summed E-state index contributed by atoms with van der Waals surface area (Å²) in [6.07, 6.45) is 0.579. The van der Waals surface area contributed by atoms with Gasteiger partial charge in [-0.25, -0.2) is 9.79 Å². The number of methoxy groups -OCH3 is 1. The monoisotopic (exact) mass is 419 g/mol. The van der Waals surface area contributed by atoms with Crippen LogP contribution in [0.5, 0.6) is 0 Å². The van der Waals surface area contributed by atoms with E-state index in [1.165, 1.54) is 29.8 Å². The van der Waals surface area contributed by atoms with Gasteiger partial charge in [-0.05, 0) is 19.4 Å². The second kappa shape index (κ2) is 8.75. The Kier molecular flexibility index (Phi) is 6.33. The summed E-state index contributed by atoms with van der Waals surface area (Å²) in [6, 6.07) is 5.12. The van der Waals surface area contributed by atoms with Crippen LogP contribution in [0.25, 0.3) is 0 Å². The summed E-state index contributed by atoms with van der Waals surface area (Å²) >= 11 is 1.30. The Hall–Kier alpha value is -2.72. The summed E-state index contributed by atoms with van der Waals surface area (Å²) in [7, 11) is 1.48. The molecule has 1 saturated heterocycles. The molecule has 0 bridgehead atoms. The van der Waals surface area contributed by atoms with Crippen LogP contribution in [0.2, 0.25) is 0 Å². The number of aliphatic imine (C=N–C) groups is 1. The molecule has 0 aromatic heterocycles. The summed E-state index contributed by atoms with van der Waals surface area (Å²) in [6.45, 7) is 3.75. The van der Waals surface area contributed by atoms with E-state index in [2.05, 4.69) is 4.99 Å². The van der Waals surface area contributed by atoms with Crippen molar-refractivity contribution in [2.45, 2.75) is 31.6 Å². The molecular formula is C19H21N3O6S. The molecule has 154 valence electrons. The van der Waals surface area contributed by atoms with Crippen molar-refractivity contribution in [3.05, 3.63) is 51.2 Å². The fourth-order valence-electron chi connectivity index (χ4n) is 3.32. The molecule has 2 atom stereocenters. The number of hydrogen-bond donors (Lipinski definition) is 0. The summed E-state index contributed by atoms with van der Waals surface area (Å²) in [5.41, 5.74) is 0.559. The lowest BCUT2D eigenvalue weighted by atomic mass is 9.93. The molecule has 0 N–H and O–H groups in total. The van der Waals surface area contributed by atoms with Gasteiger partial charge in [0.2, 0.25) is 5.91 Å². The molecule has 2 aliphatic rings. The third-order valence-electron chi connectivity index (χ3n) is 4.69. The number of carbonyl (C=O) groups is 2. The fraction of sp³-hybridized carbons (Fsp3) is 0.421. The van der Waals surface area contributed by atoms with E-state index < -0.39 is 16.9 Å². The van der Waals surface area contributed by atoms with Crippen molar-refractivity contribution in [1.82, 2.24) is 4.90 Å². The molecule has 0 aliphatic carbocycles. The van der Waals surface area contributed by atoms with E-state index in [-0.39, 0.29) is 41.2 Å². The van der Waals surface area contributed by atoms with Gasteiger partial charge >= 0.3 is 5.97 Å². The van der Waals surface area contributed by atoms with Crippen molar-refractivity contribution in [3.63, 3.8) is 0 Å². The Morgan fingerprint density at radius 2 is 2.07 bits per heavy atom. The van der Waals surface area contributed by atoms with Gasteiger partial charge in [0.1, 0.15) is 12.6 Å². The number of allylic oxidation sites excluding steroid dienone is 1. The molecule has 0 unspecified atom stereocenters. The first-order valence-corrected chi connectivity index (χ1v) is 9.97. The molecule has 0 spiro atoms. The molecular weight excluding hydrogens is 398 g/mol. The number of rotatable bonds is 7. The lowest BCUT2D eigenvalue weighted by Crippen LogP contribution is -2.41. The molecule has 1 amide bonds. The Morgan fingerprint density at radius 1 is 1.34 bits per heavy atom. The van der Waals surface area contributed by atoms with Crippen molar-refractivity contribution in [2.75, 3.05) is 20.3 Å². The Balaban J connectivity index is 2.13. The minimum Gasteiger partial charge on any atom is -0.460 e. The number of amidine groups is 1. The van der Waals surface area contributed by atoms with Crippen LogP contribution in [-0.2, 0) is 19.1 Å². The quantitative estimate of drug-likeness (QED) is 0.289. The van der Waals surface area contributed by atoms with Crippen molar-refractivity contribution in [1.29, 1.82) is 0 Å². The first-order chi connectivity index (χ1) is 13.9. The maximum Gasteiger partial charge on any atom is 0.338 e. The van der Waals surface area contributed by atoms with E-state index in [9.17, 15) is 19.7 Å². The molecule has 0 saturated carbocycles. The highest BCUT2D eigenvalue weighted by molar-refractivity contribution is 8.15. The Bertz CT molecular complexity index is 913. The van der Waals surface area contributed by atoms with Crippen LogP contribution < -0.4 is 0 Å². The Morgan fingerprint density at radius 3 is 2.72 bits per heavy atom. The normalized spacial score (nSPS) is 21.1. The van der Waals surface area contributed by atoms with Crippen molar-refractivity contribution in [2.24, 2.45) is 4.99 Å². The third-order valence-corrected chi connectivity index (χ3v) is 6.01. The zero-order valence-corrected chi connectivity index (χ0v) is 17.1. The molecule has 3 rings (SSSR count). The third kappa shape index (κ3) is 3.90. The van der Waals surface area contributed by atoms with Gasteiger partial charge in [0.25, 0.3) is 5.69 Å². The topological polar surface area (TPSA) is 111 Å². The van der Waals surface area contributed by atoms with E-state index in [0.29, 0.717) is 17.3 Å². The minimum atomic E-state index is -0.976. The highest BCUT2D eigenvalue weighted by atomic mass is 32.2. The van der Waals surface area contributed by atoms with Crippen LogP contribution in [-0.4, -0.2) is 52.4 Å². The smallest absolute Gasteiger partial charge is 0.338 e. The number of amides is 1. The zero-order chi connectivity index (χ0) is 21.1. The minimum absolute atomic E-state index is 0.0204. The summed E-state index contributed by atoms with van der Waals surface area (Å²) in [5, 5.41) is 11.7. The van der Waals surface area contributed by atoms with Gasteiger partial charge in [-0.15, -0.1) is 0 Å². The van der Waals surface area contributed by atoms with Crippen LogP contribution >= 0.6 is 11.8 Å². The van der Waals surface area contributed by atoms with Gasteiger partial charge in [-0.1, -0.05) is 30.8 Å². The maximum absolute atomic E-state index is 13.0. The number of para-hydroxylation sites is 1. The van der Waals surface area contributed by atoms with Gasteiger partial charge in [0.05, 0.1) is 33.6 Å². The highest BCUT2D eigenvalue weighted by Gasteiger charge is 2.48. The van der Waals surface area contributed by atoms with Crippen LogP contribution in [0.15, 0.2) is 40.5 Å². The molecule has 1 fully saturated rings.